The Kier molecular flexibility index (Phi) is 3.37. The number of hydrogen-bond acceptors (Lipinski definition) is 5. The lowest BCUT2D eigenvalue weighted by atomic mass is 10.2. The Labute approximate surface area is 134 Å². The standard InChI is InChI=1S/C17H19N5O/c1-11-3-2-4-14(7-11)22-6-5-13(10-22)20-17-19-9-12-8-18-16(23)15(12)21-17/h2-4,7,9,13H,5-6,8,10H2,1H3,(H,18,23)(H,19,20,21). The first-order valence-corrected chi connectivity index (χ1v) is 7.91. The molecule has 1 saturated heterocycles. The minimum Gasteiger partial charge on any atom is -0.369 e. The van der Waals surface area contributed by atoms with Crippen LogP contribution in [0.4, 0.5) is 11.6 Å². The summed E-state index contributed by atoms with van der Waals surface area (Å²) < 4.78 is 0. The van der Waals surface area contributed by atoms with Gasteiger partial charge in [0.15, 0.2) is 0 Å². The predicted molar refractivity (Wildman–Crippen MR) is 88.6 cm³/mol. The third-order valence-electron chi connectivity index (χ3n) is 4.41. The first kappa shape index (κ1) is 14.0. The molecule has 3 heterocycles. The lowest BCUT2D eigenvalue weighted by Crippen LogP contribution is -2.27. The van der Waals surface area contributed by atoms with E-state index in [0.29, 0.717) is 18.2 Å². The molecule has 0 radical (unpaired) electrons. The van der Waals surface area contributed by atoms with Gasteiger partial charge in [0.25, 0.3) is 5.91 Å². The van der Waals surface area contributed by atoms with Crippen LogP contribution in [0.15, 0.2) is 30.5 Å². The zero-order valence-corrected chi connectivity index (χ0v) is 13.0. The maximum atomic E-state index is 11.7. The van der Waals surface area contributed by atoms with Crippen LogP contribution in [0, 0.1) is 6.92 Å². The molecular weight excluding hydrogens is 290 g/mol. The molecule has 1 aromatic carbocycles. The molecule has 1 aromatic heterocycles. The van der Waals surface area contributed by atoms with E-state index >= 15 is 0 Å². The van der Waals surface area contributed by atoms with Gasteiger partial charge < -0.3 is 15.5 Å². The first-order valence-electron chi connectivity index (χ1n) is 7.91. The molecule has 0 spiro atoms. The van der Waals surface area contributed by atoms with Gasteiger partial charge in [-0.25, -0.2) is 9.97 Å². The Hall–Kier alpha value is -2.63. The van der Waals surface area contributed by atoms with E-state index in [9.17, 15) is 4.79 Å². The molecule has 1 amide bonds. The van der Waals surface area contributed by atoms with E-state index in [0.717, 1.165) is 25.1 Å². The molecule has 2 aliphatic rings. The molecule has 2 aliphatic heterocycles. The summed E-state index contributed by atoms with van der Waals surface area (Å²) >= 11 is 0. The average molecular weight is 309 g/mol. The highest BCUT2D eigenvalue weighted by atomic mass is 16.2. The van der Waals surface area contributed by atoms with Crippen molar-refractivity contribution in [1.82, 2.24) is 15.3 Å². The molecule has 1 atom stereocenters. The van der Waals surface area contributed by atoms with Crippen molar-refractivity contribution in [2.24, 2.45) is 0 Å². The number of hydrogen-bond donors (Lipinski definition) is 2. The van der Waals surface area contributed by atoms with Gasteiger partial charge in [0.1, 0.15) is 5.69 Å². The molecule has 6 nitrogen and oxygen atoms in total. The van der Waals surface area contributed by atoms with Crippen LogP contribution < -0.4 is 15.5 Å². The third-order valence-corrected chi connectivity index (χ3v) is 4.41. The Bertz CT molecular complexity index is 760. The van der Waals surface area contributed by atoms with Gasteiger partial charge in [-0.05, 0) is 31.0 Å². The van der Waals surface area contributed by atoms with Gasteiger partial charge in [0, 0.05) is 43.1 Å². The zero-order valence-electron chi connectivity index (χ0n) is 13.0. The number of carbonyl (C=O) groups is 1. The molecule has 23 heavy (non-hydrogen) atoms. The van der Waals surface area contributed by atoms with Gasteiger partial charge in [-0.2, -0.15) is 0 Å². The van der Waals surface area contributed by atoms with Crippen molar-refractivity contribution >= 4 is 17.5 Å². The van der Waals surface area contributed by atoms with E-state index in [2.05, 4.69) is 56.7 Å². The maximum absolute atomic E-state index is 11.7. The lowest BCUT2D eigenvalue weighted by Gasteiger charge is -2.19. The van der Waals surface area contributed by atoms with Gasteiger partial charge >= 0.3 is 0 Å². The van der Waals surface area contributed by atoms with Crippen LogP contribution >= 0.6 is 0 Å². The second kappa shape index (κ2) is 5.53. The van der Waals surface area contributed by atoms with E-state index in [1.807, 2.05) is 0 Å². The second-order valence-corrected chi connectivity index (χ2v) is 6.17. The highest BCUT2D eigenvalue weighted by Gasteiger charge is 2.25. The van der Waals surface area contributed by atoms with E-state index in [4.69, 9.17) is 0 Å². The SMILES string of the molecule is Cc1cccc(N2CCC(Nc3ncc4c(n3)C(=O)NC4)C2)c1. The fourth-order valence-corrected chi connectivity index (χ4v) is 3.18. The first-order chi connectivity index (χ1) is 11.2. The van der Waals surface area contributed by atoms with Crippen LogP contribution in [-0.2, 0) is 6.54 Å². The summed E-state index contributed by atoms with van der Waals surface area (Å²) in [4.78, 5) is 22.7. The quantitative estimate of drug-likeness (QED) is 0.903. The van der Waals surface area contributed by atoms with Crippen molar-refractivity contribution in [3.63, 3.8) is 0 Å². The molecule has 118 valence electrons. The number of nitrogens with one attached hydrogen (secondary N) is 2. The van der Waals surface area contributed by atoms with Crippen LogP contribution in [-0.4, -0.2) is 35.0 Å². The van der Waals surface area contributed by atoms with E-state index in [-0.39, 0.29) is 11.9 Å². The van der Waals surface area contributed by atoms with Gasteiger partial charge in [0.2, 0.25) is 5.95 Å². The van der Waals surface area contributed by atoms with Gasteiger partial charge in [-0.15, -0.1) is 0 Å². The summed E-state index contributed by atoms with van der Waals surface area (Å²) in [6.45, 7) is 4.56. The molecule has 2 aromatic rings. The summed E-state index contributed by atoms with van der Waals surface area (Å²) in [5, 5.41) is 6.12. The molecule has 0 bridgehead atoms. The summed E-state index contributed by atoms with van der Waals surface area (Å²) in [7, 11) is 0. The number of anilines is 2. The third kappa shape index (κ3) is 2.72. The van der Waals surface area contributed by atoms with E-state index in [1.54, 1.807) is 6.20 Å². The van der Waals surface area contributed by atoms with Gasteiger partial charge in [0.05, 0.1) is 0 Å². The summed E-state index contributed by atoms with van der Waals surface area (Å²) in [5.41, 5.74) is 3.89. The number of amides is 1. The molecule has 0 saturated carbocycles. The smallest absolute Gasteiger partial charge is 0.270 e. The fourth-order valence-electron chi connectivity index (χ4n) is 3.18. The van der Waals surface area contributed by atoms with Crippen molar-refractivity contribution in [1.29, 1.82) is 0 Å². The number of aryl methyl sites for hydroxylation is 1. The molecule has 2 N–H and O–H groups in total. The Morgan fingerprint density at radius 1 is 1.39 bits per heavy atom. The largest absolute Gasteiger partial charge is 0.369 e. The van der Waals surface area contributed by atoms with Gasteiger partial charge in [-0.1, -0.05) is 12.1 Å². The van der Waals surface area contributed by atoms with Crippen LogP contribution in [0.3, 0.4) is 0 Å². The van der Waals surface area contributed by atoms with Crippen molar-refractivity contribution in [2.75, 3.05) is 23.3 Å². The predicted octanol–water partition coefficient (Wildman–Crippen LogP) is 1.72. The molecule has 1 unspecified atom stereocenters. The topological polar surface area (TPSA) is 70.1 Å². The highest BCUT2D eigenvalue weighted by Crippen LogP contribution is 2.23. The highest BCUT2D eigenvalue weighted by molar-refractivity contribution is 5.96. The number of aromatic nitrogens is 2. The summed E-state index contributed by atoms with van der Waals surface area (Å²) in [6.07, 6.45) is 2.76. The number of carbonyl (C=O) groups excluding carboxylic acids is 1. The minimum absolute atomic E-state index is 0.113. The van der Waals surface area contributed by atoms with E-state index in [1.165, 1.54) is 11.3 Å². The van der Waals surface area contributed by atoms with Crippen molar-refractivity contribution in [3.8, 4) is 0 Å². The number of rotatable bonds is 3. The minimum atomic E-state index is -0.113. The number of fused-ring (bicyclic) bond motifs is 1. The van der Waals surface area contributed by atoms with Crippen LogP contribution in [0.25, 0.3) is 0 Å². The molecule has 4 rings (SSSR count). The van der Waals surface area contributed by atoms with Crippen molar-refractivity contribution in [3.05, 3.63) is 47.3 Å². The van der Waals surface area contributed by atoms with Crippen molar-refractivity contribution < 1.29 is 4.79 Å². The molecule has 6 heteroatoms. The van der Waals surface area contributed by atoms with E-state index < -0.39 is 0 Å². The lowest BCUT2D eigenvalue weighted by molar-refractivity contribution is 0.0961. The monoisotopic (exact) mass is 309 g/mol. The van der Waals surface area contributed by atoms with Crippen LogP contribution in [0.2, 0.25) is 0 Å². The molecular formula is C17H19N5O. The van der Waals surface area contributed by atoms with Crippen LogP contribution in [0.1, 0.15) is 28.0 Å². The summed E-state index contributed by atoms with van der Waals surface area (Å²) in [6, 6.07) is 8.84. The molecule has 0 aliphatic carbocycles. The maximum Gasteiger partial charge on any atom is 0.270 e. The fraction of sp³-hybridized carbons (Fsp3) is 0.353. The second-order valence-electron chi connectivity index (χ2n) is 6.17. The molecule has 1 fully saturated rings. The Morgan fingerprint density at radius 3 is 3.17 bits per heavy atom. The zero-order chi connectivity index (χ0) is 15.8. The average Bonchev–Trinajstić information content (AvgIpc) is 3.15. The Balaban J connectivity index is 1.45. The van der Waals surface area contributed by atoms with Gasteiger partial charge in [-0.3, -0.25) is 4.79 Å². The normalized spacial score (nSPS) is 19.6. The summed E-state index contributed by atoms with van der Waals surface area (Å²) in [5.74, 6) is 0.426. The van der Waals surface area contributed by atoms with Crippen LogP contribution in [0.5, 0.6) is 0 Å². The number of nitrogens with zero attached hydrogens (tertiary/aromatic N) is 3. The van der Waals surface area contributed by atoms with Crippen molar-refractivity contribution in [2.45, 2.75) is 25.9 Å². The Morgan fingerprint density at radius 2 is 2.30 bits per heavy atom. The number of benzene rings is 1.